The van der Waals surface area contributed by atoms with Crippen molar-refractivity contribution < 1.29 is 9.53 Å². The lowest BCUT2D eigenvalue weighted by atomic mass is 10.1. The van der Waals surface area contributed by atoms with E-state index in [-0.39, 0.29) is 12.0 Å². The third-order valence-electron chi connectivity index (χ3n) is 4.26. The Morgan fingerprint density at radius 1 is 1.46 bits per heavy atom. The Bertz CT molecular complexity index is 707. The van der Waals surface area contributed by atoms with Crippen molar-refractivity contribution in [1.82, 2.24) is 19.7 Å². The number of nitrogens with zero attached hydrogens (tertiary/aromatic N) is 4. The number of hydrogen-bond acceptors (Lipinski definition) is 5. The first-order chi connectivity index (χ1) is 11.5. The van der Waals surface area contributed by atoms with Gasteiger partial charge < -0.3 is 15.4 Å². The fourth-order valence-corrected chi connectivity index (χ4v) is 2.98. The standard InChI is InChI=1S/C17H23N5O2/c1-12-9-13(18)10-15(20-12)16-11-22(7-8-24-16)17(23)4-3-14-5-6-19-21(14)2/h5-6,9-10,16H,3-4,7-8,11H2,1-2H3,(H2,18,20)/t16-/m0/s1. The van der Waals surface area contributed by atoms with Gasteiger partial charge in [0.25, 0.3) is 0 Å². The second-order valence-electron chi connectivity index (χ2n) is 6.11. The minimum atomic E-state index is -0.221. The van der Waals surface area contributed by atoms with Gasteiger partial charge >= 0.3 is 0 Å². The van der Waals surface area contributed by atoms with Crippen molar-refractivity contribution in [1.29, 1.82) is 0 Å². The molecule has 128 valence electrons. The van der Waals surface area contributed by atoms with E-state index in [1.807, 2.05) is 37.1 Å². The monoisotopic (exact) mass is 329 g/mol. The first-order valence-corrected chi connectivity index (χ1v) is 8.13. The van der Waals surface area contributed by atoms with E-state index < -0.39 is 0 Å². The van der Waals surface area contributed by atoms with Gasteiger partial charge in [0, 0.05) is 43.3 Å². The SMILES string of the molecule is Cc1cc(N)cc([C@@H]2CN(C(=O)CCc3ccnn3C)CCO2)n1. The second kappa shape index (κ2) is 7.00. The zero-order valence-corrected chi connectivity index (χ0v) is 14.1. The molecule has 2 aromatic rings. The van der Waals surface area contributed by atoms with Crippen molar-refractivity contribution in [3.63, 3.8) is 0 Å². The number of carbonyl (C=O) groups excluding carboxylic acids is 1. The molecule has 0 radical (unpaired) electrons. The third kappa shape index (κ3) is 3.73. The summed E-state index contributed by atoms with van der Waals surface area (Å²) in [6.07, 6.45) is 2.68. The molecule has 2 aromatic heterocycles. The van der Waals surface area contributed by atoms with Crippen molar-refractivity contribution in [3.8, 4) is 0 Å². The molecule has 1 aliphatic heterocycles. The first kappa shape index (κ1) is 16.4. The van der Waals surface area contributed by atoms with E-state index in [2.05, 4.69) is 10.1 Å². The van der Waals surface area contributed by atoms with E-state index in [4.69, 9.17) is 10.5 Å². The highest BCUT2D eigenvalue weighted by atomic mass is 16.5. The van der Waals surface area contributed by atoms with Crippen LogP contribution in [-0.4, -0.2) is 45.3 Å². The maximum atomic E-state index is 12.5. The van der Waals surface area contributed by atoms with Crippen molar-refractivity contribution in [2.45, 2.75) is 25.9 Å². The highest BCUT2D eigenvalue weighted by molar-refractivity contribution is 5.76. The summed E-state index contributed by atoms with van der Waals surface area (Å²) in [7, 11) is 1.89. The number of aryl methyl sites for hydroxylation is 3. The lowest BCUT2D eigenvalue weighted by molar-refractivity contribution is -0.139. The largest absolute Gasteiger partial charge is 0.399 e. The van der Waals surface area contributed by atoms with E-state index in [1.165, 1.54) is 0 Å². The van der Waals surface area contributed by atoms with Crippen LogP contribution in [0.3, 0.4) is 0 Å². The fourth-order valence-electron chi connectivity index (χ4n) is 2.98. The van der Waals surface area contributed by atoms with E-state index >= 15 is 0 Å². The molecule has 0 bridgehead atoms. The third-order valence-corrected chi connectivity index (χ3v) is 4.26. The Morgan fingerprint density at radius 3 is 3.00 bits per heavy atom. The molecule has 24 heavy (non-hydrogen) atoms. The number of nitrogens with two attached hydrogens (primary N) is 1. The summed E-state index contributed by atoms with van der Waals surface area (Å²) in [6.45, 7) is 3.54. The lowest BCUT2D eigenvalue weighted by Gasteiger charge is -2.33. The summed E-state index contributed by atoms with van der Waals surface area (Å²) in [5.74, 6) is 0.130. The molecule has 1 atom stereocenters. The van der Waals surface area contributed by atoms with Crippen molar-refractivity contribution >= 4 is 11.6 Å². The van der Waals surface area contributed by atoms with Crippen LogP contribution in [0.15, 0.2) is 24.4 Å². The average molecular weight is 329 g/mol. The predicted molar refractivity (Wildman–Crippen MR) is 90.2 cm³/mol. The fraction of sp³-hybridized carbons (Fsp3) is 0.471. The molecule has 3 heterocycles. The van der Waals surface area contributed by atoms with E-state index in [0.29, 0.717) is 38.2 Å². The number of hydrogen-bond donors (Lipinski definition) is 1. The van der Waals surface area contributed by atoms with Crippen LogP contribution in [0.25, 0.3) is 0 Å². The number of aromatic nitrogens is 3. The van der Waals surface area contributed by atoms with E-state index in [9.17, 15) is 4.79 Å². The molecule has 7 heteroatoms. The van der Waals surface area contributed by atoms with Crippen molar-refractivity contribution in [3.05, 3.63) is 41.5 Å². The van der Waals surface area contributed by atoms with Gasteiger partial charge in [-0.25, -0.2) is 0 Å². The van der Waals surface area contributed by atoms with Crippen LogP contribution in [0, 0.1) is 6.92 Å². The number of carbonyl (C=O) groups is 1. The molecule has 0 unspecified atom stereocenters. The van der Waals surface area contributed by atoms with Gasteiger partial charge in [0.05, 0.1) is 18.8 Å². The van der Waals surface area contributed by atoms with Crippen LogP contribution in [0.4, 0.5) is 5.69 Å². The maximum absolute atomic E-state index is 12.5. The minimum Gasteiger partial charge on any atom is -0.399 e. The smallest absolute Gasteiger partial charge is 0.223 e. The molecule has 2 N–H and O–H groups in total. The van der Waals surface area contributed by atoms with Crippen LogP contribution < -0.4 is 5.73 Å². The highest BCUT2D eigenvalue weighted by Crippen LogP contribution is 2.23. The number of pyridine rings is 1. The number of nitrogen functional groups attached to an aromatic ring is 1. The highest BCUT2D eigenvalue weighted by Gasteiger charge is 2.26. The Labute approximate surface area is 141 Å². The molecule has 1 aliphatic rings. The van der Waals surface area contributed by atoms with Crippen molar-refractivity contribution in [2.24, 2.45) is 7.05 Å². The summed E-state index contributed by atoms with van der Waals surface area (Å²) in [4.78, 5) is 18.9. The molecule has 3 rings (SSSR count). The maximum Gasteiger partial charge on any atom is 0.223 e. The van der Waals surface area contributed by atoms with Crippen molar-refractivity contribution in [2.75, 3.05) is 25.4 Å². The second-order valence-corrected chi connectivity index (χ2v) is 6.11. The quantitative estimate of drug-likeness (QED) is 0.912. The Hall–Kier alpha value is -2.41. The number of morpholine rings is 1. The molecule has 1 amide bonds. The zero-order chi connectivity index (χ0) is 17.1. The summed E-state index contributed by atoms with van der Waals surface area (Å²) >= 11 is 0. The topological polar surface area (TPSA) is 86.3 Å². The minimum absolute atomic E-state index is 0.130. The number of anilines is 1. The summed E-state index contributed by atoms with van der Waals surface area (Å²) in [6, 6.07) is 5.58. The summed E-state index contributed by atoms with van der Waals surface area (Å²) < 4.78 is 7.60. The molecule has 1 saturated heterocycles. The summed E-state index contributed by atoms with van der Waals surface area (Å²) in [5, 5.41) is 4.13. The van der Waals surface area contributed by atoms with Gasteiger partial charge in [-0.15, -0.1) is 0 Å². The van der Waals surface area contributed by atoms with Gasteiger partial charge in [0.1, 0.15) is 6.10 Å². The molecule has 0 aromatic carbocycles. The average Bonchev–Trinajstić information content (AvgIpc) is 2.97. The molecule has 0 spiro atoms. The van der Waals surface area contributed by atoms with Gasteiger partial charge in [0.15, 0.2) is 0 Å². The number of amides is 1. The Morgan fingerprint density at radius 2 is 2.29 bits per heavy atom. The van der Waals surface area contributed by atoms with Crippen LogP contribution in [0.1, 0.15) is 29.6 Å². The van der Waals surface area contributed by atoms with Crippen LogP contribution in [0.2, 0.25) is 0 Å². The molecule has 0 saturated carbocycles. The summed E-state index contributed by atoms with van der Waals surface area (Å²) in [5.41, 5.74) is 9.26. The van der Waals surface area contributed by atoms with E-state index in [0.717, 1.165) is 17.1 Å². The van der Waals surface area contributed by atoms with Gasteiger partial charge in [-0.3, -0.25) is 14.5 Å². The number of rotatable bonds is 4. The van der Waals surface area contributed by atoms with Gasteiger partial charge in [-0.2, -0.15) is 5.10 Å². The predicted octanol–water partition coefficient (Wildman–Crippen LogP) is 1.24. The molecule has 7 nitrogen and oxygen atoms in total. The Balaban J connectivity index is 1.62. The van der Waals surface area contributed by atoms with Gasteiger partial charge in [0.2, 0.25) is 5.91 Å². The van der Waals surface area contributed by atoms with Gasteiger partial charge in [-0.1, -0.05) is 0 Å². The van der Waals surface area contributed by atoms with Gasteiger partial charge in [-0.05, 0) is 31.5 Å². The Kier molecular flexibility index (Phi) is 4.80. The van der Waals surface area contributed by atoms with Crippen LogP contribution >= 0.6 is 0 Å². The number of ether oxygens (including phenoxy) is 1. The molecular formula is C17H23N5O2. The molecule has 1 fully saturated rings. The lowest BCUT2D eigenvalue weighted by Crippen LogP contribution is -2.42. The van der Waals surface area contributed by atoms with Crippen LogP contribution in [0.5, 0.6) is 0 Å². The van der Waals surface area contributed by atoms with E-state index in [1.54, 1.807) is 10.9 Å². The molecule has 0 aliphatic carbocycles. The normalized spacial score (nSPS) is 17.9. The first-order valence-electron chi connectivity index (χ1n) is 8.13. The molecular weight excluding hydrogens is 306 g/mol. The van der Waals surface area contributed by atoms with Crippen LogP contribution in [-0.2, 0) is 23.0 Å². The zero-order valence-electron chi connectivity index (χ0n) is 14.1.